The van der Waals surface area contributed by atoms with Gasteiger partial charge in [0.2, 0.25) is 18.4 Å². The van der Waals surface area contributed by atoms with E-state index in [1.807, 2.05) is 12.1 Å². The molecule has 0 fully saturated rings. The molecular formula is C28H29NO10. The number of rotatable bonds is 8. The summed E-state index contributed by atoms with van der Waals surface area (Å²) >= 11 is 0. The van der Waals surface area contributed by atoms with Crippen LogP contribution in [0.15, 0.2) is 48.7 Å². The van der Waals surface area contributed by atoms with Crippen molar-refractivity contribution in [2.24, 2.45) is 5.92 Å². The molecule has 0 radical (unpaired) electrons. The molecule has 1 aromatic heterocycles. The summed E-state index contributed by atoms with van der Waals surface area (Å²) in [7, 11) is 4.49. The SMILES string of the molecule is COc1ccc(C(=O)OC2c3cc4c(cc3CCC2COC=O)OCO4)cn1.COc1cccc(OC)c1O. The van der Waals surface area contributed by atoms with Crippen LogP contribution >= 0.6 is 0 Å². The Morgan fingerprint density at radius 2 is 1.77 bits per heavy atom. The zero-order valence-corrected chi connectivity index (χ0v) is 21.7. The van der Waals surface area contributed by atoms with Crippen LogP contribution in [0.3, 0.4) is 0 Å². The molecule has 1 aliphatic heterocycles. The zero-order chi connectivity index (χ0) is 27.8. The number of carbonyl (C=O) groups is 2. The number of esters is 1. The number of methoxy groups -OCH3 is 3. The van der Waals surface area contributed by atoms with Gasteiger partial charge in [-0.15, -0.1) is 0 Å². The summed E-state index contributed by atoms with van der Waals surface area (Å²) in [4.78, 5) is 27.4. The summed E-state index contributed by atoms with van der Waals surface area (Å²) in [6.07, 6.45) is 2.30. The Morgan fingerprint density at radius 1 is 1.05 bits per heavy atom. The number of fused-ring (bicyclic) bond motifs is 2. The number of aromatic hydroxyl groups is 1. The molecule has 2 heterocycles. The van der Waals surface area contributed by atoms with Gasteiger partial charge in [-0.2, -0.15) is 0 Å². The monoisotopic (exact) mass is 539 g/mol. The van der Waals surface area contributed by atoms with E-state index < -0.39 is 12.1 Å². The van der Waals surface area contributed by atoms with Crippen LogP contribution in [0.2, 0.25) is 0 Å². The normalized spacial score (nSPS) is 16.6. The van der Waals surface area contributed by atoms with E-state index >= 15 is 0 Å². The first-order valence-corrected chi connectivity index (χ1v) is 12.1. The van der Waals surface area contributed by atoms with E-state index in [0.29, 0.717) is 47.3 Å². The van der Waals surface area contributed by atoms with E-state index in [0.717, 1.165) is 17.5 Å². The number of ether oxygens (including phenoxy) is 7. The van der Waals surface area contributed by atoms with Gasteiger partial charge in [0.15, 0.2) is 23.0 Å². The van der Waals surface area contributed by atoms with Crippen LogP contribution in [0, 0.1) is 5.92 Å². The molecule has 39 heavy (non-hydrogen) atoms. The lowest BCUT2D eigenvalue weighted by Crippen LogP contribution is -2.28. The number of phenols is 1. The summed E-state index contributed by atoms with van der Waals surface area (Å²) < 4.78 is 36.4. The fourth-order valence-corrected chi connectivity index (χ4v) is 4.36. The molecule has 0 spiro atoms. The molecule has 206 valence electrons. The summed E-state index contributed by atoms with van der Waals surface area (Å²) in [6.45, 7) is 0.732. The fraction of sp³-hybridized carbons (Fsp3) is 0.321. The first-order chi connectivity index (χ1) is 19.0. The lowest BCUT2D eigenvalue weighted by atomic mass is 9.81. The third kappa shape index (κ3) is 6.25. The van der Waals surface area contributed by atoms with Crippen molar-refractivity contribution in [1.82, 2.24) is 4.98 Å². The van der Waals surface area contributed by atoms with Crippen molar-refractivity contribution in [1.29, 1.82) is 0 Å². The second kappa shape index (κ2) is 12.7. The van der Waals surface area contributed by atoms with Gasteiger partial charge in [0.05, 0.1) is 33.5 Å². The van der Waals surface area contributed by atoms with Gasteiger partial charge in [0.1, 0.15) is 6.10 Å². The Balaban J connectivity index is 0.000000270. The Bertz CT molecular complexity index is 1270. The van der Waals surface area contributed by atoms with Crippen LogP contribution in [-0.2, 0) is 20.7 Å². The average molecular weight is 540 g/mol. The lowest BCUT2D eigenvalue weighted by Gasteiger charge is -2.32. The van der Waals surface area contributed by atoms with Crippen molar-refractivity contribution in [3.63, 3.8) is 0 Å². The Kier molecular flexibility index (Phi) is 8.93. The largest absolute Gasteiger partial charge is 0.502 e. The maximum Gasteiger partial charge on any atom is 0.340 e. The van der Waals surface area contributed by atoms with Crippen molar-refractivity contribution >= 4 is 12.4 Å². The van der Waals surface area contributed by atoms with Crippen LogP contribution < -0.4 is 23.7 Å². The highest BCUT2D eigenvalue weighted by molar-refractivity contribution is 5.89. The quantitative estimate of drug-likeness (QED) is 0.331. The Morgan fingerprint density at radius 3 is 2.38 bits per heavy atom. The predicted octanol–water partition coefficient (Wildman–Crippen LogP) is 3.86. The third-order valence-electron chi connectivity index (χ3n) is 6.35. The van der Waals surface area contributed by atoms with Gasteiger partial charge >= 0.3 is 5.97 Å². The van der Waals surface area contributed by atoms with Gasteiger partial charge < -0.3 is 38.3 Å². The Hall–Kier alpha value is -4.67. The first-order valence-electron chi connectivity index (χ1n) is 12.1. The van der Waals surface area contributed by atoms with Crippen molar-refractivity contribution in [2.75, 3.05) is 34.7 Å². The predicted molar refractivity (Wildman–Crippen MR) is 137 cm³/mol. The molecule has 1 aliphatic carbocycles. The van der Waals surface area contributed by atoms with Gasteiger partial charge in [0, 0.05) is 23.7 Å². The number of hydrogen-bond donors (Lipinski definition) is 1. The molecule has 0 saturated heterocycles. The number of hydrogen-bond acceptors (Lipinski definition) is 11. The van der Waals surface area contributed by atoms with E-state index in [1.165, 1.54) is 27.5 Å². The smallest absolute Gasteiger partial charge is 0.340 e. The molecule has 3 aromatic rings. The fourth-order valence-electron chi connectivity index (χ4n) is 4.36. The van der Waals surface area contributed by atoms with Crippen molar-refractivity contribution in [3.05, 3.63) is 65.4 Å². The minimum Gasteiger partial charge on any atom is -0.502 e. The molecule has 11 nitrogen and oxygen atoms in total. The third-order valence-corrected chi connectivity index (χ3v) is 6.35. The summed E-state index contributed by atoms with van der Waals surface area (Å²) in [5.74, 6) is 1.92. The Labute approximate surface area is 225 Å². The number of nitrogens with zero attached hydrogens (tertiary/aromatic N) is 1. The minimum atomic E-state index is -0.576. The standard InChI is InChI=1S/C20H19NO7.C8H10O3/c1-24-18-5-4-13(8-21-18)20(23)28-19-14(9-25-10-22)3-2-12-6-16-17(7-15(12)19)27-11-26-16;1-10-6-4-3-5-7(11-2)8(6)9/h4-8,10,14,19H,2-3,9,11H2,1H3;3-5,9H,1-2H3. The van der Waals surface area contributed by atoms with Crippen molar-refractivity contribution < 1.29 is 47.9 Å². The second-order valence-electron chi connectivity index (χ2n) is 8.56. The van der Waals surface area contributed by atoms with Gasteiger partial charge in [0.25, 0.3) is 6.47 Å². The molecule has 1 N–H and O–H groups in total. The highest BCUT2D eigenvalue weighted by atomic mass is 16.7. The molecule has 2 unspecified atom stereocenters. The van der Waals surface area contributed by atoms with E-state index in [-0.39, 0.29) is 25.1 Å². The molecule has 2 atom stereocenters. The minimum absolute atomic E-state index is 0.0394. The second-order valence-corrected chi connectivity index (χ2v) is 8.56. The van der Waals surface area contributed by atoms with Crippen LogP contribution in [-0.4, -0.2) is 57.3 Å². The number of aryl methyl sites for hydroxylation is 1. The molecule has 2 aliphatic rings. The molecule has 0 amide bonds. The number of para-hydroxylation sites is 1. The summed E-state index contributed by atoms with van der Waals surface area (Å²) in [5.41, 5.74) is 2.17. The van der Waals surface area contributed by atoms with Gasteiger partial charge in [-0.05, 0) is 48.7 Å². The molecule has 0 saturated carbocycles. The van der Waals surface area contributed by atoms with Crippen LogP contribution in [0.5, 0.6) is 34.6 Å². The number of benzene rings is 2. The molecule has 11 heteroatoms. The van der Waals surface area contributed by atoms with E-state index in [1.54, 1.807) is 30.3 Å². The first kappa shape index (κ1) is 27.4. The van der Waals surface area contributed by atoms with E-state index in [9.17, 15) is 14.7 Å². The topological polar surface area (TPSA) is 132 Å². The number of aromatic nitrogens is 1. The molecular weight excluding hydrogens is 510 g/mol. The number of pyridine rings is 1. The maximum atomic E-state index is 12.7. The average Bonchev–Trinajstić information content (AvgIpc) is 3.43. The van der Waals surface area contributed by atoms with E-state index in [4.69, 9.17) is 33.2 Å². The lowest BCUT2D eigenvalue weighted by molar-refractivity contribution is -0.131. The van der Waals surface area contributed by atoms with E-state index in [2.05, 4.69) is 4.98 Å². The number of carbonyl (C=O) groups excluding carboxylic acids is 2. The molecule has 2 aromatic carbocycles. The summed E-state index contributed by atoms with van der Waals surface area (Å²) in [6, 6.07) is 12.0. The van der Waals surface area contributed by atoms with Crippen molar-refractivity contribution in [2.45, 2.75) is 18.9 Å². The van der Waals surface area contributed by atoms with Crippen molar-refractivity contribution in [3.8, 4) is 34.6 Å². The summed E-state index contributed by atoms with van der Waals surface area (Å²) in [5, 5.41) is 9.34. The maximum absolute atomic E-state index is 12.7. The van der Waals surface area contributed by atoms with Crippen LogP contribution in [0.4, 0.5) is 0 Å². The number of phenolic OH excluding ortho intramolecular Hbond substituents is 1. The highest BCUT2D eigenvalue weighted by Gasteiger charge is 2.35. The van der Waals surface area contributed by atoms with Crippen LogP contribution in [0.25, 0.3) is 0 Å². The molecule has 5 rings (SSSR count). The van der Waals surface area contributed by atoms with Gasteiger partial charge in [-0.3, -0.25) is 4.79 Å². The highest BCUT2D eigenvalue weighted by Crippen LogP contribution is 2.44. The molecule has 0 bridgehead atoms. The van der Waals surface area contributed by atoms with Gasteiger partial charge in [-0.1, -0.05) is 6.07 Å². The van der Waals surface area contributed by atoms with Gasteiger partial charge in [-0.25, -0.2) is 9.78 Å². The van der Waals surface area contributed by atoms with Crippen LogP contribution in [0.1, 0.15) is 34.0 Å². The zero-order valence-electron chi connectivity index (χ0n) is 21.7.